The lowest BCUT2D eigenvalue weighted by Crippen LogP contribution is -2.29. The Morgan fingerprint density at radius 2 is 1.92 bits per heavy atom. The molecule has 1 aliphatic carbocycles. The average Bonchev–Trinajstić information content (AvgIpc) is 2.17. The fourth-order valence-corrected chi connectivity index (χ4v) is 2.34. The molecular weight excluding hydrogens is 228 g/mol. The zero-order valence-electron chi connectivity index (χ0n) is 8.30. The third kappa shape index (κ3) is 3.10. The van der Waals surface area contributed by atoms with Crippen molar-refractivity contribution in [3.8, 4) is 0 Å². The maximum atomic E-state index is 10.0. The zero-order valence-corrected chi connectivity index (χ0v) is 9.89. The van der Waals surface area contributed by atoms with Crippen molar-refractivity contribution >= 4 is 15.9 Å². The van der Waals surface area contributed by atoms with E-state index in [0.29, 0.717) is 5.92 Å². The van der Waals surface area contributed by atoms with E-state index < -0.39 is 0 Å². The number of hydrogen-bond acceptors (Lipinski definition) is 1. The first kappa shape index (κ1) is 11.3. The van der Waals surface area contributed by atoms with Gasteiger partial charge < -0.3 is 5.11 Å². The van der Waals surface area contributed by atoms with Crippen molar-refractivity contribution in [2.24, 2.45) is 11.8 Å². The summed E-state index contributed by atoms with van der Waals surface area (Å²) in [4.78, 5) is 0. The minimum atomic E-state index is -0.202. The standard InChI is InChI=1S/C11H19BrO/c1-8(9(2)12)11(13)10-6-4-3-5-7-10/h8,10-11,13H,2-7H2,1H3/t8-,11+/m1/s1. The Balaban J connectivity index is 2.44. The van der Waals surface area contributed by atoms with Crippen molar-refractivity contribution in [1.82, 2.24) is 0 Å². The fourth-order valence-electron chi connectivity index (χ4n) is 2.07. The van der Waals surface area contributed by atoms with Crippen LogP contribution in [0.3, 0.4) is 0 Å². The van der Waals surface area contributed by atoms with Crippen LogP contribution in [0.1, 0.15) is 39.0 Å². The molecule has 0 aromatic carbocycles. The molecule has 76 valence electrons. The van der Waals surface area contributed by atoms with Crippen LogP contribution in [0.2, 0.25) is 0 Å². The largest absolute Gasteiger partial charge is 0.392 e. The van der Waals surface area contributed by atoms with E-state index in [4.69, 9.17) is 0 Å². The van der Waals surface area contributed by atoms with Gasteiger partial charge in [-0.15, -0.1) is 0 Å². The topological polar surface area (TPSA) is 20.2 Å². The molecule has 1 N–H and O–H groups in total. The summed E-state index contributed by atoms with van der Waals surface area (Å²) in [5.74, 6) is 0.682. The Hall–Kier alpha value is 0.180. The maximum absolute atomic E-state index is 10.0. The lowest BCUT2D eigenvalue weighted by atomic mass is 9.81. The summed E-state index contributed by atoms with van der Waals surface area (Å²) in [6.45, 7) is 5.87. The van der Waals surface area contributed by atoms with E-state index >= 15 is 0 Å². The summed E-state index contributed by atoms with van der Waals surface area (Å²) in [6, 6.07) is 0. The second kappa shape index (κ2) is 5.16. The molecular formula is C11H19BrO. The van der Waals surface area contributed by atoms with E-state index in [1.165, 1.54) is 32.1 Å². The molecule has 2 atom stereocenters. The Morgan fingerprint density at radius 1 is 1.38 bits per heavy atom. The van der Waals surface area contributed by atoms with Gasteiger partial charge in [-0.2, -0.15) is 0 Å². The average molecular weight is 247 g/mol. The van der Waals surface area contributed by atoms with Gasteiger partial charge in [-0.05, 0) is 23.2 Å². The number of hydrogen-bond donors (Lipinski definition) is 1. The summed E-state index contributed by atoms with van der Waals surface area (Å²) in [5.41, 5.74) is 0. The SMILES string of the molecule is C=C(Br)[C@@H](C)[C@H](O)C1CCCCC1. The van der Waals surface area contributed by atoms with Crippen LogP contribution >= 0.6 is 15.9 Å². The minimum absolute atomic E-state index is 0.183. The predicted octanol–water partition coefficient (Wildman–Crippen LogP) is 3.47. The third-order valence-electron chi connectivity index (χ3n) is 3.14. The zero-order chi connectivity index (χ0) is 9.84. The van der Waals surface area contributed by atoms with Crippen molar-refractivity contribution in [1.29, 1.82) is 0 Å². The molecule has 1 nitrogen and oxygen atoms in total. The summed E-state index contributed by atoms with van der Waals surface area (Å²) in [6.07, 6.45) is 6.07. The lowest BCUT2D eigenvalue weighted by Gasteiger charge is -2.30. The van der Waals surface area contributed by atoms with Crippen LogP contribution in [0.4, 0.5) is 0 Å². The van der Waals surface area contributed by atoms with Crippen LogP contribution in [0.15, 0.2) is 11.1 Å². The molecule has 1 fully saturated rings. The minimum Gasteiger partial charge on any atom is -0.392 e. The molecule has 2 heteroatoms. The monoisotopic (exact) mass is 246 g/mol. The molecule has 0 bridgehead atoms. The van der Waals surface area contributed by atoms with Gasteiger partial charge in [0.1, 0.15) is 0 Å². The molecule has 0 aliphatic heterocycles. The molecule has 1 rings (SSSR count). The number of rotatable bonds is 3. The van der Waals surface area contributed by atoms with Gasteiger partial charge >= 0.3 is 0 Å². The van der Waals surface area contributed by atoms with Crippen LogP contribution in [-0.2, 0) is 0 Å². The van der Waals surface area contributed by atoms with Gasteiger partial charge in [-0.1, -0.05) is 48.7 Å². The van der Waals surface area contributed by atoms with Gasteiger partial charge in [0.15, 0.2) is 0 Å². The molecule has 0 spiro atoms. The van der Waals surface area contributed by atoms with Crippen LogP contribution in [0.25, 0.3) is 0 Å². The molecule has 1 aliphatic rings. The highest BCUT2D eigenvalue weighted by atomic mass is 79.9. The van der Waals surface area contributed by atoms with Gasteiger partial charge in [0.05, 0.1) is 6.10 Å². The van der Waals surface area contributed by atoms with Crippen molar-refractivity contribution in [3.63, 3.8) is 0 Å². The second-order valence-corrected chi connectivity index (χ2v) is 5.14. The molecule has 1 saturated carbocycles. The van der Waals surface area contributed by atoms with Crippen LogP contribution < -0.4 is 0 Å². The van der Waals surface area contributed by atoms with Crippen molar-refractivity contribution in [3.05, 3.63) is 11.1 Å². The molecule has 0 aromatic rings. The van der Waals surface area contributed by atoms with E-state index in [0.717, 1.165) is 4.48 Å². The fraction of sp³-hybridized carbons (Fsp3) is 0.818. The highest BCUT2D eigenvalue weighted by Crippen LogP contribution is 2.32. The molecule has 13 heavy (non-hydrogen) atoms. The smallest absolute Gasteiger partial charge is 0.0639 e. The lowest BCUT2D eigenvalue weighted by molar-refractivity contribution is 0.0549. The van der Waals surface area contributed by atoms with Gasteiger partial charge in [-0.25, -0.2) is 0 Å². The number of aliphatic hydroxyl groups is 1. The van der Waals surface area contributed by atoms with Crippen molar-refractivity contribution in [2.45, 2.75) is 45.1 Å². The Bertz CT molecular complexity index is 173. The molecule has 0 heterocycles. The predicted molar refractivity (Wildman–Crippen MR) is 59.8 cm³/mol. The van der Waals surface area contributed by atoms with Gasteiger partial charge in [-0.3, -0.25) is 0 Å². The first-order valence-corrected chi connectivity index (χ1v) is 5.94. The molecule has 0 unspecified atom stereocenters. The van der Waals surface area contributed by atoms with Crippen LogP contribution in [-0.4, -0.2) is 11.2 Å². The molecule has 0 amide bonds. The Morgan fingerprint density at radius 3 is 2.38 bits per heavy atom. The normalized spacial score (nSPS) is 23.9. The summed E-state index contributed by atoms with van der Waals surface area (Å²) in [5, 5.41) is 10.0. The summed E-state index contributed by atoms with van der Waals surface area (Å²) >= 11 is 3.35. The van der Waals surface area contributed by atoms with Crippen molar-refractivity contribution in [2.75, 3.05) is 0 Å². The third-order valence-corrected chi connectivity index (χ3v) is 3.86. The molecule has 0 saturated heterocycles. The number of aliphatic hydroxyl groups excluding tert-OH is 1. The molecule has 0 radical (unpaired) electrons. The summed E-state index contributed by atoms with van der Waals surface area (Å²) < 4.78 is 0.922. The number of halogens is 1. The highest BCUT2D eigenvalue weighted by Gasteiger charge is 2.26. The quantitative estimate of drug-likeness (QED) is 0.809. The van der Waals surface area contributed by atoms with E-state index in [1.54, 1.807) is 0 Å². The van der Waals surface area contributed by atoms with E-state index in [1.807, 2.05) is 6.92 Å². The van der Waals surface area contributed by atoms with Gasteiger partial charge in [0, 0.05) is 5.92 Å². The van der Waals surface area contributed by atoms with Gasteiger partial charge in [0.2, 0.25) is 0 Å². The highest BCUT2D eigenvalue weighted by molar-refractivity contribution is 9.11. The Labute approximate surface area is 89.4 Å². The van der Waals surface area contributed by atoms with E-state index in [9.17, 15) is 5.11 Å². The van der Waals surface area contributed by atoms with Crippen LogP contribution in [0, 0.1) is 11.8 Å². The first-order valence-electron chi connectivity index (χ1n) is 5.15. The van der Waals surface area contributed by atoms with E-state index in [-0.39, 0.29) is 12.0 Å². The van der Waals surface area contributed by atoms with E-state index in [2.05, 4.69) is 22.5 Å². The second-order valence-electron chi connectivity index (χ2n) is 4.12. The summed E-state index contributed by atoms with van der Waals surface area (Å²) in [7, 11) is 0. The van der Waals surface area contributed by atoms with Crippen LogP contribution in [0.5, 0.6) is 0 Å². The van der Waals surface area contributed by atoms with Crippen molar-refractivity contribution < 1.29 is 5.11 Å². The Kier molecular flexibility index (Phi) is 4.47. The van der Waals surface area contributed by atoms with Gasteiger partial charge in [0.25, 0.3) is 0 Å². The maximum Gasteiger partial charge on any atom is 0.0639 e. The first-order chi connectivity index (χ1) is 6.13. The molecule has 0 aromatic heterocycles.